The van der Waals surface area contributed by atoms with Crippen LogP contribution >= 0.6 is 0 Å². The molecule has 6 nitrogen and oxygen atoms in total. The standard InChI is InChI=1S/C22H45N5O/c1-4-23-22(24-11-7-5-8-12-26-13-9-6-10-14-26)25-19-21(20(2)3)27-15-17-28-18-16-27/h20-21H,4-19H2,1-3H3,(H2,23,24,25). The van der Waals surface area contributed by atoms with E-state index in [4.69, 9.17) is 9.73 Å². The molecule has 0 spiro atoms. The monoisotopic (exact) mass is 395 g/mol. The van der Waals surface area contributed by atoms with E-state index in [1.54, 1.807) is 0 Å². The maximum Gasteiger partial charge on any atom is 0.191 e. The number of guanidine groups is 1. The highest BCUT2D eigenvalue weighted by molar-refractivity contribution is 5.79. The van der Waals surface area contributed by atoms with Gasteiger partial charge < -0.3 is 20.3 Å². The molecule has 2 heterocycles. The second-order valence-corrected chi connectivity index (χ2v) is 8.57. The van der Waals surface area contributed by atoms with E-state index in [0.29, 0.717) is 12.0 Å². The molecule has 6 heteroatoms. The lowest BCUT2D eigenvalue weighted by molar-refractivity contribution is 0.00867. The first-order chi connectivity index (χ1) is 13.7. The average Bonchev–Trinajstić information content (AvgIpc) is 2.72. The summed E-state index contributed by atoms with van der Waals surface area (Å²) in [6.45, 7) is 17.2. The summed E-state index contributed by atoms with van der Waals surface area (Å²) < 4.78 is 5.51. The van der Waals surface area contributed by atoms with Crippen LogP contribution < -0.4 is 10.6 Å². The van der Waals surface area contributed by atoms with Crippen molar-refractivity contribution in [2.45, 2.75) is 65.3 Å². The third-order valence-corrected chi connectivity index (χ3v) is 5.96. The predicted octanol–water partition coefficient (Wildman–Crippen LogP) is 2.55. The molecular formula is C22H45N5O. The van der Waals surface area contributed by atoms with Crippen molar-refractivity contribution in [3.05, 3.63) is 0 Å². The van der Waals surface area contributed by atoms with Gasteiger partial charge in [0.2, 0.25) is 0 Å². The fourth-order valence-corrected chi connectivity index (χ4v) is 4.21. The highest BCUT2D eigenvalue weighted by Crippen LogP contribution is 2.13. The largest absolute Gasteiger partial charge is 0.379 e. The molecule has 2 saturated heterocycles. The van der Waals surface area contributed by atoms with E-state index in [-0.39, 0.29) is 0 Å². The molecule has 1 unspecified atom stereocenters. The summed E-state index contributed by atoms with van der Waals surface area (Å²) in [6, 6.07) is 0.490. The summed E-state index contributed by atoms with van der Waals surface area (Å²) in [5.41, 5.74) is 0. The molecule has 1 atom stereocenters. The summed E-state index contributed by atoms with van der Waals surface area (Å²) in [5.74, 6) is 1.57. The molecule has 0 aromatic heterocycles. The number of aliphatic imine (C=N–C) groups is 1. The summed E-state index contributed by atoms with van der Waals surface area (Å²) in [4.78, 5) is 10.1. The number of likely N-dealkylation sites (tertiary alicyclic amines) is 1. The molecule has 0 saturated carbocycles. The highest BCUT2D eigenvalue weighted by Gasteiger charge is 2.23. The van der Waals surface area contributed by atoms with Crippen LogP contribution in [0.3, 0.4) is 0 Å². The van der Waals surface area contributed by atoms with Crippen LogP contribution in [0.1, 0.15) is 59.3 Å². The number of morpholine rings is 1. The van der Waals surface area contributed by atoms with Gasteiger partial charge in [-0.2, -0.15) is 0 Å². The molecule has 2 rings (SSSR count). The average molecular weight is 396 g/mol. The quantitative estimate of drug-likeness (QED) is 0.320. The van der Waals surface area contributed by atoms with Crippen LogP contribution in [0, 0.1) is 5.92 Å². The maximum absolute atomic E-state index is 5.51. The summed E-state index contributed by atoms with van der Waals surface area (Å²) in [7, 11) is 0. The topological polar surface area (TPSA) is 52.1 Å². The lowest BCUT2D eigenvalue weighted by Gasteiger charge is -2.36. The van der Waals surface area contributed by atoms with E-state index in [1.165, 1.54) is 58.2 Å². The molecule has 2 aliphatic heterocycles. The second-order valence-electron chi connectivity index (χ2n) is 8.57. The minimum atomic E-state index is 0.490. The number of unbranched alkanes of at least 4 members (excludes halogenated alkanes) is 2. The van der Waals surface area contributed by atoms with Gasteiger partial charge >= 0.3 is 0 Å². The van der Waals surface area contributed by atoms with Gasteiger partial charge in [0.1, 0.15) is 0 Å². The van der Waals surface area contributed by atoms with Crippen molar-refractivity contribution >= 4 is 5.96 Å². The van der Waals surface area contributed by atoms with Gasteiger partial charge in [0.25, 0.3) is 0 Å². The van der Waals surface area contributed by atoms with Crippen LogP contribution in [0.25, 0.3) is 0 Å². The van der Waals surface area contributed by atoms with Crippen molar-refractivity contribution in [1.29, 1.82) is 0 Å². The molecule has 2 fully saturated rings. The zero-order valence-corrected chi connectivity index (χ0v) is 18.7. The number of nitrogens with zero attached hydrogens (tertiary/aromatic N) is 3. The summed E-state index contributed by atoms with van der Waals surface area (Å²) in [5, 5.41) is 6.95. The molecule has 2 aliphatic rings. The van der Waals surface area contributed by atoms with E-state index < -0.39 is 0 Å². The van der Waals surface area contributed by atoms with Crippen LogP contribution in [0.2, 0.25) is 0 Å². The molecule has 0 aromatic carbocycles. The van der Waals surface area contributed by atoms with Crippen molar-refractivity contribution in [3.63, 3.8) is 0 Å². The number of ether oxygens (including phenoxy) is 1. The SMILES string of the molecule is CCNC(=NCC(C(C)C)N1CCOCC1)NCCCCCN1CCCCC1. The minimum Gasteiger partial charge on any atom is -0.379 e. The third-order valence-electron chi connectivity index (χ3n) is 5.96. The fraction of sp³-hybridized carbons (Fsp3) is 0.955. The van der Waals surface area contributed by atoms with E-state index in [2.05, 4.69) is 41.2 Å². The summed E-state index contributed by atoms with van der Waals surface area (Å²) >= 11 is 0. The molecule has 0 amide bonds. The second kappa shape index (κ2) is 14.2. The van der Waals surface area contributed by atoms with Crippen molar-refractivity contribution in [1.82, 2.24) is 20.4 Å². The van der Waals surface area contributed by atoms with Crippen LogP contribution in [0.15, 0.2) is 4.99 Å². The van der Waals surface area contributed by atoms with Crippen LogP contribution in [-0.2, 0) is 4.74 Å². The van der Waals surface area contributed by atoms with E-state index in [9.17, 15) is 0 Å². The zero-order chi connectivity index (χ0) is 20.0. The van der Waals surface area contributed by atoms with Gasteiger partial charge in [-0.1, -0.05) is 26.7 Å². The number of nitrogens with one attached hydrogen (secondary N) is 2. The highest BCUT2D eigenvalue weighted by atomic mass is 16.5. The van der Waals surface area contributed by atoms with Crippen molar-refractivity contribution < 1.29 is 4.74 Å². The number of rotatable bonds is 11. The van der Waals surface area contributed by atoms with Crippen LogP contribution in [0.4, 0.5) is 0 Å². The van der Waals surface area contributed by atoms with Gasteiger partial charge in [0.15, 0.2) is 5.96 Å². The molecule has 2 N–H and O–H groups in total. The lowest BCUT2D eigenvalue weighted by Crippen LogP contribution is -2.48. The van der Waals surface area contributed by atoms with E-state index >= 15 is 0 Å². The smallest absolute Gasteiger partial charge is 0.191 e. The molecule has 0 bridgehead atoms. The van der Waals surface area contributed by atoms with Crippen molar-refractivity contribution in [2.75, 3.05) is 65.6 Å². The van der Waals surface area contributed by atoms with E-state index in [1.807, 2.05) is 0 Å². The normalized spacial score (nSPS) is 21.1. The van der Waals surface area contributed by atoms with Gasteiger partial charge in [0, 0.05) is 32.2 Å². The fourth-order valence-electron chi connectivity index (χ4n) is 4.21. The molecule has 0 aliphatic carbocycles. The van der Waals surface area contributed by atoms with E-state index in [0.717, 1.165) is 51.9 Å². The minimum absolute atomic E-state index is 0.490. The van der Waals surface area contributed by atoms with Crippen molar-refractivity contribution in [2.24, 2.45) is 10.9 Å². The first-order valence-electron chi connectivity index (χ1n) is 11.8. The Labute approximate surface area is 173 Å². The Morgan fingerprint density at radius 2 is 1.71 bits per heavy atom. The van der Waals surface area contributed by atoms with Crippen LogP contribution in [0.5, 0.6) is 0 Å². The summed E-state index contributed by atoms with van der Waals surface area (Å²) in [6.07, 6.45) is 8.05. The van der Waals surface area contributed by atoms with Gasteiger partial charge in [-0.25, -0.2) is 0 Å². The molecule has 164 valence electrons. The molecular weight excluding hydrogens is 350 g/mol. The first kappa shape index (κ1) is 23.4. The van der Waals surface area contributed by atoms with Gasteiger partial charge in [-0.05, 0) is 58.2 Å². The van der Waals surface area contributed by atoms with Gasteiger partial charge in [-0.3, -0.25) is 9.89 Å². The molecule has 0 radical (unpaired) electrons. The third kappa shape index (κ3) is 9.10. The van der Waals surface area contributed by atoms with Crippen LogP contribution in [-0.4, -0.2) is 87.4 Å². The Morgan fingerprint density at radius 3 is 2.39 bits per heavy atom. The number of hydrogen-bond acceptors (Lipinski definition) is 4. The molecule has 0 aromatic rings. The maximum atomic E-state index is 5.51. The Balaban J connectivity index is 1.66. The van der Waals surface area contributed by atoms with Crippen molar-refractivity contribution in [3.8, 4) is 0 Å². The zero-order valence-electron chi connectivity index (χ0n) is 18.7. The Kier molecular flexibility index (Phi) is 11.9. The first-order valence-corrected chi connectivity index (χ1v) is 11.8. The Morgan fingerprint density at radius 1 is 0.964 bits per heavy atom. The number of piperidine rings is 1. The predicted molar refractivity (Wildman–Crippen MR) is 119 cm³/mol. The molecule has 28 heavy (non-hydrogen) atoms. The number of hydrogen-bond donors (Lipinski definition) is 2. The Hall–Kier alpha value is -0.850. The van der Waals surface area contributed by atoms with Gasteiger partial charge in [0.05, 0.1) is 19.8 Å². The van der Waals surface area contributed by atoms with Gasteiger partial charge in [-0.15, -0.1) is 0 Å². The Bertz CT molecular complexity index is 417. The lowest BCUT2D eigenvalue weighted by atomic mass is 10.0.